The molecule has 21 heavy (non-hydrogen) atoms. The lowest BCUT2D eigenvalue weighted by Crippen LogP contribution is -2.15. The first-order chi connectivity index (χ1) is 10.1. The van der Waals surface area contributed by atoms with Crippen molar-refractivity contribution in [1.82, 2.24) is 20.2 Å². The summed E-state index contributed by atoms with van der Waals surface area (Å²) in [6.45, 7) is 3.71. The summed E-state index contributed by atoms with van der Waals surface area (Å²) in [5.74, 6) is 0.325. The second-order valence-corrected chi connectivity index (χ2v) is 5.64. The Morgan fingerprint density at radius 3 is 2.81 bits per heavy atom. The second-order valence-electron chi connectivity index (χ2n) is 4.33. The molecule has 8 heteroatoms. The molecule has 0 aliphatic rings. The van der Waals surface area contributed by atoms with Crippen LogP contribution in [0.15, 0.2) is 23.4 Å². The smallest absolute Gasteiger partial charge is 0.318 e. The number of ether oxygens (including phenoxy) is 2. The Morgan fingerprint density at radius 2 is 2.14 bits per heavy atom. The van der Waals surface area contributed by atoms with E-state index in [0.717, 1.165) is 11.3 Å². The van der Waals surface area contributed by atoms with E-state index in [1.54, 1.807) is 18.7 Å². The van der Waals surface area contributed by atoms with Crippen LogP contribution in [-0.4, -0.2) is 45.6 Å². The zero-order chi connectivity index (χ0) is 15.4. The second kappa shape index (κ2) is 6.57. The van der Waals surface area contributed by atoms with Gasteiger partial charge in [-0.15, -0.1) is 5.10 Å². The lowest BCUT2D eigenvalue weighted by atomic mass is 10.2. The fraction of sp³-hybridized carbons (Fsp3) is 0.385. The molecule has 1 aromatic carbocycles. The van der Waals surface area contributed by atoms with Crippen LogP contribution in [0.3, 0.4) is 0 Å². The van der Waals surface area contributed by atoms with Crippen LogP contribution in [-0.2, 0) is 9.53 Å². The molecule has 0 aliphatic carbocycles. The molecule has 2 aromatic rings. The molecule has 1 aromatic heterocycles. The third-order valence-electron chi connectivity index (χ3n) is 2.82. The Hall–Kier alpha value is -2.09. The van der Waals surface area contributed by atoms with Crippen LogP contribution < -0.4 is 4.74 Å². The zero-order valence-corrected chi connectivity index (χ0v) is 13.0. The summed E-state index contributed by atoms with van der Waals surface area (Å²) in [5, 5.41) is 11.7. The van der Waals surface area contributed by atoms with Crippen molar-refractivity contribution in [2.24, 2.45) is 0 Å². The molecule has 0 N–H and O–H groups in total. The largest absolute Gasteiger partial charge is 0.494 e. The summed E-state index contributed by atoms with van der Waals surface area (Å²) in [5.41, 5.74) is 1.78. The normalized spacial score (nSPS) is 12.0. The molecule has 0 fully saturated rings. The number of tetrazole rings is 1. The van der Waals surface area contributed by atoms with E-state index in [0.29, 0.717) is 10.9 Å². The monoisotopic (exact) mass is 308 g/mol. The van der Waals surface area contributed by atoms with Gasteiger partial charge in [0.1, 0.15) is 16.7 Å². The van der Waals surface area contributed by atoms with Gasteiger partial charge in [0, 0.05) is 0 Å². The Balaban J connectivity index is 2.36. The maximum atomic E-state index is 11.5. The van der Waals surface area contributed by atoms with Crippen molar-refractivity contribution in [3.8, 4) is 11.4 Å². The number of hydrogen-bond donors (Lipinski definition) is 0. The van der Waals surface area contributed by atoms with Gasteiger partial charge in [0.15, 0.2) is 0 Å². The molecule has 1 atom stereocenters. The minimum atomic E-state index is -0.407. The average Bonchev–Trinajstić information content (AvgIpc) is 2.94. The number of rotatable bonds is 5. The predicted molar refractivity (Wildman–Crippen MR) is 77.8 cm³/mol. The molecule has 2 rings (SSSR count). The van der Waals surface area contributed by atoms with Crippen molar-refractivity contribution in [2.45, 2.75) is 24.3 Å². The van der Waals surface area contributed by atoms with E-state index in [4.69, 9.17) is 9.47 Å². The maximum Gasteiger partial charge on any atom is 0.318 e. The summed E-state index contributed by atoms with van der Waals surface area (Å²) in [4.78, 5) is 11.5. The van der Waals surface area contributed by atoms with Crippen molar-refractivity contribution in [3.05, 3.63) is 23.8 Å². The molecule has 1 heterocycles. The van der Waals surface area contributed by atoms with Crippen LogP contribution in [0.5, 0.6) is 5.75 Å². The Kier molecular flexibility index (Phi) is 4.79. The third kappa shape index (κ3) is 3.33. The highest BCUT2D eigenvalue weighted by molar-refractivity contribution is 8.00. The molecule has 0 aliphatic heterocycles. The highest BCUT2D eigenvalue weighted by Crippen LogP contribution is 2.28. The van der Waals surface area contributed by atoms with E-state index in [1.807, 2.05) is 25.1 Å². The van der Waals surface area contributed by atoms with E-state index in [-0.39, 0.29) is 5.97 Å². The van der Waals surface area contributed by atoms with Gasteiger partial charge in [-0.3, -0.25) is 4.79 Å². The first kappa shape index (κ1) is 15.3. The number of benzene rings is 1. The first-order valence-electron chi connectivity index (χ1n) is 6.24. The van der Waals surface area contributed by atoms with Gasteiger partial charge < -0.3 is 9.47 Å². The molecule has 112 valence electrons. The van der Waals surface area contributed by atoms with Crippen LogP contribution in [0.25, 0.3) is 5.69 Å². The Labute approximate surface area is 126 Å². The van der Waals surface area contributed by atoms with Crippen LogP contribution >= 0.6 is 11.8 Å². The van der Waals surface area contributed by atoms with Gasteiger partial charge in [-0.1, -0.05) is 17.8 Å². The van der Waals surface area contributed by atoms with Crippen LogP contribution in [0, 0.1) is 6.92 Å². The number of nitrogens with zero attached hydrogens (tertiary/aromatic N) is 4. The molecule has 0 spiro atoms. The SMILES string of the molecule is COC(=O)[C@@H](C)Sc1nnnn1-c1cc(C)ccc1OC. The Bertz CT molecular complexity index is 644. The van der Waals surface area contributed by atoms with Crippen LogP contribution in [0.2, 0.25) is 0 Å². The van der Waals surface area contributed by atoms with E-state index >= 15 is 0 Å². The lowest BCUT2D eigenvalue weighted by Gasteiger charge is -2.11. The van der Waals surface area contributed by atoms with E-state index in [2.05, 4.69) is 15.5 Å². The maximum absolute atomic E-state index is 11.5. The number of thioether (sulfide) groups is 1. The predicted octanol–water partition coefficient (Wildman–Crippen LogP) is 1.63. The zero-order valence-electron chi connectivity index (χ0n) is 12.2. The summed E-state index contributed by atoms with van der Waals surface area (Å²) < 4.78 is 11.6. The van der Waals surface area contributed by atoms with Crippen molar-refractivity contribution >= 4 is 17.7 Å². The van der Waals surface area contributed by atoms with Crippen molar-refractivity contribution in [1.29, 1.82) is 0 Å². The van der Waals surface area contributed by atoms with Gasteiger partial charge >= 0.3 is 5.97 Å². The van der Waals surface area contributed by atoms with E-state index in [1.165, 1.54) is 18.9 Å². The van der Waals surface area contributed by atoms with Gasteiger partial charge in [0.05, 0.1) is 14.2 Å². The number of aromatic nitrogens is 4. The van der Waals surface area contributed by atoms with Crippen LogP contribution in [0.4, 0.5) is 0 Å². The number of hydrogen-bond acceptors (Lipinski definition) is 7. The topological polar surface area (TPSA) is 79.1 Å². The van der Waals surface area contributed by atoms with Gasteiger partial charge in [-0.2, -0.15) is 4.68 Å². The first-order valence-corrected chi connectivity index (χ1v) is 7.12. The molecule has 0 saturated heterocycles. The molecular formula is C13H16N4O3S. The molecular weight excluding hydrogens is 292 g/mol. The Morgan fingerprint density at radius 1 is 1.38 bits per heavy atom. The molecule has 0 amide bonds. The summed E-state index contributed by atoms with van der Waals surface area (Å²) in [7, 11) is 2.94. The molecule has 0 unspecified atom stereocenters. The van der Waals surface area contributed by atoms with Gasteiger partial charge in [-0.25, -0.2) is 0 Å². The van der Waals surface area contributed by atoms with Crippen molar-refractivity contribution in [2.75, 3.05) is 14.2 Å². The fourth-order valence-corrected chi connectivity index (χ4v) is 2.57. The van der Waals surface area contributed by atoms with E-state index in [9.17, 15) is 4.79 Å². The summed E-state index contributed by atoms with van der Waals surface area (Å²) in [6, 6.07) is 5.71. The highest BCUT2D eigenvalue weighted by atomic mass is 32.2. The van der Waals surface area contributed by atoms with Gasteiger partial charge in [-0.05, 0) is 42.0 Å². The molecule has 0 saturated carbocycles. The lowest BCUT2D eigenvalue weighted by molar-refractivity contribution is -0.139. The third-order valence-corrected chi connectivity index (χ3v) is 3.83. The fourth-order valence-electron chi connectivity index (χ4n) is 1.74. The minimum absolute atomic E-state index is 0.328. The van der Waals surface area contributed by atoms with Crippen molar-refractivity contribution in [3.63, 3.8) is 0 Å². The van der Waals surface area contributed by atoms with Crippen molar-refractivity contribution < 1.29 is 14.3 Å². The van der Waals surface area contributed by atoms with Gasteiger partial charge in [0.25, 0.3) is 0 Å². The van der Waals surface area contributed by atoms with Gasteiger partial charge in [0.2, 0.25) is 5.16 Å². The molecule has 7 nitrogen and oxygen atoms in total. The molecule has 0 bridgehead atoms. The summed E-state index contributed by atoms with van der Waals surface area (Å²) in [6.07, 6.45) is 0. The number of esters is 1. The van der Waals surface area contributed by atoms with Crippen LogP contribution in [0.1, 0.15) is 12.5 Å². The number of aryl methyl sites for hydroxylation is 1. The summed E-state index contributed by atoms with van der Waals surface area (Å²) >= 11 is 1.23. The number of methoxy groups -OCH3 is 2. The number of carbonyl (C=O) groups is 1. The quantitative estimate of drug-likeness (QED) is 0.613. The number of carbonyl (C=O) groups excluding carboxylic acids is 1. The minimum Gasteiger partial charge on any atom is -0.494 e. The average molecular weight is 308 g/mol. The molecule has 0 radical (unpaired) electrons. The highest BCUT2D eigenvalue weighted by Gasteiger charge is 2.20. The standard InChI is InChI=1S/C13H16N4O3S/c1-8-5-6-11(19-3)10(7-8)17-13(14-15-16-17)21-9(2)12(18)20-4/h5-7,9H,1-4H3/t9-/m1/s1. The van der Waals surface area contributed by atoms with E-state index < -0.39 is 5.25 Å².